The minimum atomic E-state index is -1.25. The molecule has 0 saturated carbocycles. The fraction of sp³-hybridized carbons (Fsp3) is 0.152. The molecule has 3 N–H and O–H groups in total. The summed E-state index contributed by atoms with van der Waals surface area (Å²) in [4.78, 5) is 36.7. The minimum Gasteiger partial charge on any atom is -0.479 e. The van der Waals surface area contributed by atoms with Crippen molar-refractivity contribution in [1.82, 2.24) is 4.57 Å². The highest BCUT2D eigenvalue weighted by Gasteiger charge is 2.17. The molecule has 0 saturated heterocycles. The Kier molecular flexibility index (Phi) is 8.64. The second-order valence-electron chi connectivity index (χ2n) is 9.80. The van der Waals surface area contributed by atoms with Crippen LogP contribution in [0.5, 0.6) is 11.5 Å². The number of ether oxygens (including phenoxy) is 2. The molecular weight excluding hydrogens is 582 g/mol. The van der Waals surface area contributed by atoms with Gasteiger partial charge in [-0.2, -0.15) is 5.26 Å². The maximum absolute atomic E-state index is 13.1. The van der Waals surface area contributed by atoms with Crippen molar-refractivity contribution in [2.24, 2.45) is 0 Å². The number of carboxylic acids is 2. The molecule has 0 bridgehead atoms. The summed E-state index contributed by atoms with van der Waals surface area (Å²) in [5, 5.41) is 32.6. The van der Waals surface area contributed by atoms with Crippen LogP contribution >= 0.6 is 11.3 Å². The van der Waals surface area contributed by atoms with Gasteiger partial charge in [-0.3, -0.25) is 4.79 Å². The second kappa shape index (κ2) is 12.7. The lowest BCUT2D eigenvalue weighted by molar-refractivity contribution is -0.140. The average molecular weight is 610 g/mol. The summed E-state index contributed by atoms with van der Waals surface area (Å²) >= 11 is 1.47. The van der Waals surface area contributed by atoms with Crippen molar-refractivity contribution in [2.75, 3.05) is 18.5 Å². The van der Waals surface area contributed by atoms with Gasteiger partial charge >= 0.3 is 11.9 Å². The van der Waals surface area contributed by atoms with E-state index in [-0.39, 0.29) is 22.8 Å². The van der Waals surface area contributed by atoms with Crippen molar-refractivity contribution in [2.45, 2.75) is 20.4 Å². The molecular formula is C33H27N3O7S. The fourth-order valence-electron chi connectivity index (χ4n) is 4.90. The van der Waals surface area contributed by atoms with E-state index in [1.54, 1.807) is 0 Å². The van der Waals surface area contributed by atoms with E-state index in [2.05, 4.69) is 47.1 Å². The molecule has 0 aliphatic carbocycles. The molecule has 0 fully saturated rings. The summed E-state index contributed by atoms with van der Waals surface area (Å²) in [7, 11) is 0. The Morgan fingerprint density at radius 1 is 0.932 bits per heavy atom. The third kappa shape index (κ3) is 6.25. The van der Waals surface area contributed by atoms with Gasteiger partial charge in [0.1, 0.15) is 11.6 Å². The van der Waals surface area contributed by atoms with Gasteiger partial charge in [0, 0.05) is 49.9 Å². The average Bonchev–Trinajstić information content (AvgIpc) is 3.54. The number of aromatic nitrogens is 1. The number of nitrogens with zero attached hydrogens (tertiary/aromatic N) is 2. The molecule has 5 rings (SSSR count). The van der Waals surface area contributed by atoms with Crippen LogP contribution in [0.4, 0.5) is 5.69 Å². The maximum Gasteiger partial charge on any atom is 0.341 e. The molecule has 1 amide bonds. The maximum atomic E-state index is 13.1. The number of para-hydroxylation sites is 1. The number of thiophene rings is 1. The number of hydrogen-bond acceptors (Lipinski definition) is 7. The van der Waals surface area contributed by atoms with E-state index in [0.717, 1.165) is 38.3 Å². The molecule has 10 nitrogen and oxygen atoms in total. The third-order valence-electron chi connectivity index (χ3n) is 6.87. The Morgan fingerprint density at radius 2 is 1.64 bits per heavy atom. The summed E-state index contributed by atoms with van der Waals surface area (Å²) in [6.45, 7) is 3.52. The van der Waals surface area contributed by atoms with E-state index in [1.807, 2.05) is 31.2 Å². The van der Waals surface area contributed by atoms with Gasteiger partial charge in [0.25, 0.3) is 5.91 Å². The summed E-state index contributed by atoms with van der Waals surface area (Å²) in [6.07, 6.45) is 1.53. The van der Waals surface area contributed by atoms with Gasteiger partial charge < -0.3 is 29.6 Å². The molecule has 0 radical (unpaired) electrons. The largest absolute Gasteiger partial charge is 0.479 e. The van der Waals surface area contributed by atoms with Crippen LogP contribution in [0.25, 0.3) is 38.3 Å². The molecule has 11 heteroatoms. The van der Waals surface area contributed by atoms with Gasteiger partial charge in [-0.25, -0.2) is 9.59 Å². The van der Waals surface area contributed by atoms with Crippen LogP contribution in [0, 0.1) is 18.3 Å². The van der Waals surface area contributed by atoms with E-state index in [9.17, 15) is 19.6 Å². The first-order chi connectivity index (χ1) is 21.2. The number of aryl methyl sites for hydroxylation is 2. The van der Waals surface area contributed by atoms with Crippen LogP contribution < -0.4 is 14.8 Å². The number of fused-ring (bicyclic) bond motifs is 3. The van der Waals surface area contributed by atoms with Crippen LogP contribution in [0.3, 0.4) is 0 Å². The summed E-state index contributed by atoms with van der Waals surface area (Å²) < 4.78 is 12.6. The van der Waals surface area contributed by atoms with Crippen LogP contribution in [0.15, 0.2) is 72.3 Å². The number of carbonyl (C=O) groups is 3. The zero-order valence-corrected chi connectivity index (χ0v) is 24.6. The van der Waals surface area contributed by atoms with Crippen molar-refractivity contribution >= 4 is 62.8 Å². The highest BCUT2D eigenvalue weighted by molar-refractivity contribution is 7.16. The minimum absolute atomic E-state index is 0.0121. The molecule has 3 aromatic carbocycles. The Labute approximate surface area is 256 Å². The monoisotopic (exact) mass is 609 g/mol. The first-order valence-corrected chi connectivity index (χ1v) is 14.4. The SMILES string of the molecule is CCn1c2ccccc2c2cc(-c3cc(C)c(/C=C(\C#N)C(=O)Nc4ccc(OCC(=O)O)c(OCC(=O)O)c4)s3)ccc21. The number of benzene rings is 3. The van der Waals surface area contributed by atoms with Gasteiger partial charge in [-0.1, -0.05) is 24.3 Å². The van der Waals surface area contributed by atoms with Crippen molar-refractivity contribution in [3.05, 3.63) is 82.7 Å². The number of rotatable bonds is 11. The van der Waals surface area contributed by atoms with Crippen LogP contribution in [0.2, 0.25) is 0 Å². The smallest absolute Gasteiger partial charge is 0.341 e. The number of anilines is 1. The molecule has 5 aromatic rings. The molecule has 44 heavy (non-hydrogen) atoms. The third-order valence-corrected chi connectivity index (χ3v) is 8.11. The van der Waals surface area contributed by atoms with Gasteiger partial charge in [-0.05, 0) is 67.4 Å². The molecule has 0 aliphatic heterocycles. The summed E-state index contributed by atoms with van der Waals surface area (Å²) in [5.74, 6) is -3.25. The van der Waals surface area contributed by atoms with Crippen LogP contribution in [-0.2, 0) is 20.9 Å². The summed E-state index contributed by atoms with van der Waals surface area (Å²) in [6, 6.07) is 22.8. The van der Waals surface area contributed by atoms with Crippen LogP contribution in [-0.4, -0.2) is 45.8 Å². The Morgan fingerprint density at radius 3 is 2.34 bits per heavy atom. The van der Waals surface area contributed by atoms with E-state index >= 15 is 0 Å². The number of carboxylic acid groups (broad SMARTS) is 2. The van der Waals surface area contributed by atoms with E-state index in [4.69, 9.17) is 19.7 Å². The fourth-order valence-corrected chi connectivity index (χ4v) is 6.02. The lowest BCUT2D eigenvalue weighted by atomic mass is 10.1. The van der Waals surface area contributed by atoms with Crippen molar-refractivity contribution in [3.8, 4) is 28.0 Å². The molecule has 2 aromatic heterocycles. The number of carbonyl (C=O) groups excluding carboxylic acids is 1. The van der Waals surface area contributed by atoms with E-state index < -0.39 is 31.1 Å². The topological polar surface area (TPSA) is 151 Å². The standard InChI is InChI=1S/C33H27N3O7S/c1-3-36-25-7-5-4-6-23(25)24-13-20(8-10-26(24)36)30-12-19(2)29(44-30)14-21(16-34)33(41)35-22-9-11-27(42-17-31(37)38)28(15-22)43-18-32(39)40/h4-15H,3,17-18H2,1-2H3,(H,35,41)(H,37,38)(H,39,40)/b21-14+. The predicted molar refractivity (Wildman–Crippen MR) is 168 cm³/mol. The van der Waals surface area contributed by atoms with Crippen molar-refractivity contribution < 1.29 is 34.1 Å². The molecule has 0 aliphatic rings. The number of nitriles is 1. The highest BCUT2D eigenvalue weighted by atomic mass is 32.1. The predicted octanol–water partition coefficient (Wildman–Crippen LogP) is 6.32. The second-order valence-corrected chi connectivity index (χ2v) is 10.9. The van der Waals surface area contributed by atoms with Gasteiger partial charge in [0.05, 0.1) is 0 Å². The molecule has 0 spiro atoms. The normalized spacial score (nSPS) is 11.3. The van der Waals surface area contributed by atoms with Crippen LogP contribution in [0.1, 0.15) is 17.4 Å². The molecule has 222 valence electrons. The van der Waals surface area contributed by atoms with E-state index in [0.29, 0.717) is 0 Å². The molecule has 0 atom stereocenters. The summed E-state index contributed by atoms with van der Waals surface area (Å²) in [5.41, 5.74) is 4.34. The number of nitrogens with one attached hydrogen (secondary N) is 1. The Balaban J connectivity index is 1.40. The first-order valence-electron chi connectivity index (χ1n) is 13.6. The quantitative estimate of drug-likeness (QED) is 0.116. The Hall–Kier alpha value is -5.60. The van der Waals surface area contributed by atoms with Gasteiger partial charge in [0.2, 0.25) is 0 Å². The zero-order chi connectivity index (χ0) is 31.4. The van der Waals surface area contributed by atoms with Gasteiger partial charge in [-0.15, -0.1) is 11.3 Å². The lowest BCUT2D eigenvalue weighted by Crippen LogP contribution is -2.15. The lowest BCUT2D eigenvalue weighted by Gasteiger charge is -2.13. The number of hydrogen-bond donors (Lipinski definition) is 3. The van der Waals surface area contributed by atoms with Crippen molar-refractivity contribution in [3.63, 3.8) is 0 Å². The number of aliphatic carboxylic acids is 2. The Bertz CT molecular complexity index is 2000. The molecule has 2 heterocycles. The number of amides is 1. The first kappa shape index (κ1) is 29.9. The van der Waals surface area contributed by atoms with Crippen molar-refractivity contribution in [1.29, 1.82) is 5.26 Å². The van der Waals surface area contributed by atoms with Gasteiger partial charge in [0.15, 0.2) is 24.7 Å². The molecule has 0 unspecified atom stereocenters. The van der Waals surface area contributed by atoms with E-state index in [1.165, 1.54) is 46.5 Å². The highest BCUT2D eigenvalue weighted by Crippen LogP contribution is 2.37. The zero-order valence-electron chi connectivity index (χ0n) is 23.8.